The SMILES string of the molecule is CC1(F)CC(CN)(c2ccccc2)C1. The van der Waals surface area contributed by atoms with Gasteiger partial charge in [0, 0.05) is 12.0 Å². The molecule has 0 saturated heterocycles. The molecule has 2 heteroatoms. The van der Waals surface area contributed by atoms with Crippen LogP contribution in [0.15, 0.2) is 30.3 Å². The van der Waals surface area contributed by atoms with Gasteiger partial charge in [-0.1, -0.05) is 30.3 Å². The van der Waals surface area contributed by atoms with Gasteiger partial charge in [-0.05, 0) is 25.3 Å². The van der Waals surface area contributed by atoms with E-state index in [1.165, 1.54) is 5.56 Å². The highest BCUT2D eigenvalue weighted by molar-refractivity contribution is 5.31. The van der Waals surface area contributed by atoms with Gasteiger partial charge in [0.15, 0.2) is 0 Å². The highest BCUT2D eigenvalue weighted by atomic mass is 19.1. The van der Waals surface area contributed by atoms with Crippen molar-refractivity contribution in [3.8, 4) is 0 Å². The van der Waals surface area contributed by atoms with Crippen molar-refractivity contribution in [2.45, 2.75) is 30.8 Å². The first-order valence-electron chi connectivity index (χ1n) is 5.03. The Hall–Kier alpha value is -0.890. The number of alkyl halides is 1. The van der Waals surface area contributed by atoms with Crippen molar-refractivity contribution in [1.82, 2.24) is 0 Å². The molecule has 2 rings (SSSR count). The zero-order valence-electron chi connectivity index (χ0n) is 8.46. The Morgan fingerprint density at radius 1 is 1.29 bits per heavy atom. The van der Waals surface area contributed by atoms with Gasteiger partial charge in [-0.25, -0.2) is 4.39 Å². The molecule has 1 aliphatic rings. The van der Waals surface area contributed by atoms with E-state index in [1.54, 1.807) is 6.92 Å². The van der Waals surface area contributed by atoms with Crippen LogP contribution < -0.4 is 5.73 Å². The van der Waals surface area contributed by atoms with E-state index in [1.807, 2.05) is 30.3 Å². The summed E-state index contributed by atoms with van der Waals surface area (Å²) in [5, 5.41) is 0. The van der Waals surface area contributed by atoms with Crippen LogP contribution in [0, 0.1) is 0 Å². The molecular weight excluding hydrogens is 177 g/mol. The van der Waals surface area contributed by atoms with Crippen LogP contribution in [-0.2, 0) is 5.41 Å². The molecule has 1 aliphatic carbocycles. The lowest BCUT2D eigenvalue weighted by Gasteiger charge is -2.50. The van der Waals surface area contributed by atoms with Crippen molar-refractivity contribution >= 4 is 0 Å². The van der Waals surface area contributed by atoms with Crippen LogP contribution >= 0.6 is 0 Å². The summed E-state index contributed by atoms with van der Waals surface area (Å²) >= 11 is 0. The predicted octanol–water partition coefficient (Wildman–Crippen LogP) is 2.41. The molecule has 0 atom stereocenters. The molecule has 1 saturated carbocycles. The first-order chi connectivity index (χ1) is 6.58. The lowest BCUT2D eigenvalue weighted by Crippen LogP contribution is -2.54. The molecule has 0 bridgehead atoms. The minimum atomic E-state index is -1.02. The van der Waals surface area contributed by atoms with Crippen molar-refractivity contribution < 1.29 is 4.39 Å². The Balaban J connectivity index is 2.25. The van der Waals surface area contributed by atoms with E-state index in [-0.39, 0.29) is 5.41 Å². The van der Waals surface area contributed by atoms with Gasteiger partial charge in [0.05, 0.1) is 0 Å². The minimum Gasteiger partial charge on any atom is -0.330 e. The van der Waals surface area contributed by atoms with Crippen LogP contribution in [0.25, 0.3) is 0 Å². The van der Waals surface area contributed by atoms with Crippen molar-refractivity contribution in [3.63, 3.8) is 0 Å². The summed E-state index contributed by atoms with van der Waals surface area (Å²) in [5.74, 6) is 0. The van der Waals surface area contributed by atoms with Gasteiger partial charge in [-0.15, -0.1) is 0 Å². The van der Waals surface area contributed by atoms with E-state index < -0.39 is 5.67 Å². The highest BCUT2D eigenvalue weighted by Gasteiger charge is 2.52. The quantitative estimate of drug-likeness (QED) is 0.767. The summed E-state index contributed by atoms with van der Waals surface area (Å²) < 4.78 is 13.5. The highest BCUT2D eigenvalue weighted by Crippen LogP contribution is 2.51. The van der Waals surface area contributed by atoms with Crippen LogP contribution in [-0.4, -0.2) is 12.2 Å². The Morgan fingerprint density at radius 2 is 1.86 bits per heavy atom. The first kappa shape index (κ1) is 9.66. The fourth-order valence-corrected chi connectivity index (χ4v) is 2.62. The van der Waals surface area contributed by atoms with Crippen LogP contribution in [0.4, 0.5) is 4.39 Å². The molecule has 0 heterocycles. The number of rotatable bonds is 2. The van der Waals surface area contributed by atoms with Crippen molar-refractivity contribution in [2.75, 3.05) is 6.54 Å². The summed E-state index contributed by atoms with van der Waals surface area (Å²) in [6.07, 6.45) is 1.11. The second-order valence-electron chi connectivity index (χ2n) is 4.62. The largest absolute Gasteiger partial charge is 0.330 e. The van der Waals surface area contributed by atoms with Gasteiger partial charge < -0.3 is 5.73 Å². The third kappa shape index (κ3) is 1.44. The molecule has 0 spiro atoms. The Kier molecular flexibility index (Phi) is 2.11. The average molecular weight is 193 g/mol. The van der Waals surface area contributed by atoms with E-state index in [0.29, 0.717) is 19.4 Å². The molecule has 0 unspecified atom stereocenters. The van der Waals surface area contributed by atoms with Crippen molar-refractivity contribution in [3.05, 3.63) is 35.9 Å². The fraction of sp³-hybridized carbons (Fsp3) is 0.500. The van der Waals surface area contributed by atoms with E-state index >= 15 is 0 Å². The van der Waals surface area contributed by atoms with Crippen LogP contribution in [0.2, 0.25) is 0 Å². The van der Waals surface area contributed by atoms with Gasteiger partial charge in [0.25, 0.3) is 0 Å². The molecule has 1 aromatic rings. The summed E-state index contributed by atoms with van der Waals surface area (Å²) in [7, 11) is 0. The number of hydrogen-bond donors (Lipinski definition) is 1. The van der Waals surface area contributed by atoms with Gasteiger partial charge >= 0.3 is 0 Å². The minimum absolute atomic E-state index is 0.106. The number of benzene rings is 1. The number of hydrogen-bond acceptors (Lipinski definition) is 1. The molecule has 1 fully saturated rings. The number of nitrogens with two attached hydrogens (primary N) is 1. The number of halogens is 1. The van der Waals surface area contributed by atoms with Crippen LogP contribution in [0.1, 0.15) is 25.3 Å². The molecule has 0 aliphatic heterocycles. The average Bonchev–Trinajstić information content (AvgIpc) is 2.15. The summed E-state index contributed by atoms with van der Waals surface area (Å²) in [4.78, 5) is 0. The smallest absolute Gasteiger partial charge is 0.110 e. The molecule has 0 radical (unpaired) electrons. The third-order valence-electron chi connectivity index (χ3n) is 3.19. The maximum Gasteiger partial charge on any atom is 0.110 e. The zero-order chi connectivity index (χ0) is 10.2. The molecule has 2 N–H and O–H groups in total. The predicted molar refractivity (Wildman–Crippen MR) is 55.9 cm³/mol. The van der Waals surface area contributed by atoms with Gasteiger partial charge in [0.1, 0.15) is 5.67 Å². The molecule has 0 amide bonds. The first-order valence-corrected chi connectivity index (χ1v) is 5.03. The van der Waals surface area contributed by atoms with Crippen molar-refractivity contribution in [1.29, 1.82) is 0 Å². The molecule has 0 aromatic heterocycles. The summed E-state index contributed by atoms with van der Waals surface area (Å²) in [5.41, 5.74) is 5.81. The summed E-state index contributed by atoms with van der Waals surface area (Å²) in [6.45, 7) is 2.19. The maximum absolute atomic E-state index is 13.5. The van der Waals surface area contributed by atoms with Gasteiger partial charge in [-0.2, -0.15) is 0 Å². The fourth-order valence-electron chi connectivity index (χ4n) is 2.62. The Labute approximate surface area is 84.1 Å². The second-order valence-corrected chi connectivity index (χ2v) is 4.62. The topological polar surface area (TPSA) is 26.0 Å². The lowest BCUT2D eigenvalue weighted by atomic mass is 9.57. The Bertz CT molecular complexity index is 310. The van der Waals surface area contributed by atoms with Crippen molar-refractivity contribution in [2.24, 2.45) is 5.73 Å². The molecular formula is C12H16FN. The van der Waals surface area contributed by atoms with Gasteiger partial charge in [0.2, 0.25) is 0 Å². The Morgan fingerprint density at radius 3 is 2.29 bits per heavy atom. The standard InChI is InChI=1S/C12H16FN/c1-11(13)7-12(8-11,9-14)10-5-3-2-4-6-10/h2-6H,7-9,14H2,1H3. The normalized spacial score (nSPS) is 36.5. The van der Waals surface area contributed by atoms with Gasteiger partial charge in [-0.3, -0.25) is 0 Å². The maximum atomic E-state index is 13.5. The van der Waals surface area contributed by atoms with E-state index in [9.17, 15) is 4.39 Å². The van der Waals surface area contributed by atoms with E-state index in [0.717, 1.165) is 0 Å². The van der Waals surface area contributed by atoms with Crippen LogP contribution in [0.3, 0.4) is 0 Å². The van der Waals surface area contributed by atoms with E-state index in [2.05, 4.69) is 0 Å². The lowest BCUT2D eigenvalue weighted by molar-refractivity contribution is 0.00274. The third-order valence-corrected chi connectivity index (χ3v) is 3.19. The molecule has 1 nitrogen and oxygen atoms in total. The second kappa shape index (κ2) is 3.06. The summed E-state index contributed by atoms with van der Waals surface area (Å²) in [6, 6.07) is 10.0. The molecule has 14 heavy (non-hydrogen) atoms. The van der Waals surface area contributed by atoms with Crippen LogP contribution in [0.5, 0.6) is 0 Å². The zero-order valence-corrected chi connectivity index (χ0v) is 8.46. The molecule has 76 valence electrons. The monoisotopic (exact) mass is 193 g/mol. The molecule has 1 aromatic carbocycles. The van der Waals surface area contributed by atoms with E-state index in [4.69, 9.17) is 5.73 Å².